The Bertz CT molecular complexity index is 266. The molecule has 0 aromatic rings. The van der Waals surface area contributed by atoms with Gasteiger partial charge in [-0.25, -0.2) is 0 Å². The number of ether oxygens (including phenoxy) is 3. The number of likely N-dealkylation sites (tertiary alicyclic amines) is 1. The van der Waals surface area contributed by atoms with Crippen LogP contribution in [0.15, 0.2) is 0 Å². The first-order valence-electron chi connectivity index (χ1n) is 7.93. The molecule has 0 spiro atoms. The fourth-order valence-corrected chi connectivity index (χ4v) is 3.45. The Hall–Kier alpha value is -0.200. The molecule has 1 aliphatic heterocycles. The summed E-state index contributed by atoms with van der Waals surface area (Å²) in [6.07, 6.45) is 3.89. The zero-order valence-corrected chi connectivity index (χ0v) is 12.8. The van der Waals surface area contributed by atoms with Crippen LogP contribution in [0, 0.1) is 11.8 Å². The van der Waals surface area contributed by atoms with Gasteiger partial charge in [0, 0.05) is 32.8 Å². The maximum absolute atomic E-state index is 6.23. The maximum Gasteiger partial charge on any atom is 0.0701 e. The van der Waals surface area contributed by atoms with Gasteiger partial charge in [0.25, 0.3) is 0 Å². The summed E-state index contributed by atoms with van der Waals surface area (Å²) in [5.41, 5.74) is 6.23. The Morgan fingerprint density at radius 1 is 1.00 bits per heavy atom. The third-order valence-electron chi connectivity index (χ3n) is 4.59. The predicted octanol–water partition coefficient (Wildman–Crippen LogP) is 0.725. The van der Waals surface area contributed by atoms with Crippen LogP contribution in [0.3, 0.4) is 0 Å². The van der Waals surface area contributed by atoms with E-state index in [0.29, 0.717) is 32.5 Å². The van der Waals surface area contributed by atoms with Crippen molar-refractivity contribution in [1.82, 2.24) is 4.90 Å². The van der Waals surface area contributed by atoms with Gasteiger partial charge in [0.1, 0.15) is 0 Å². The molecule has 1 saturated carbocycles. The van der Waals surface area contributed by atoms with Crippen molar-refractivity contribution in [2.24, 2.45) is 17.6 Å². The van der Waals surface area contributed by atoms with Crippen molar-refractivity contribution < 1.29 is 14.2 Å². The van der Waals surface area contributed by atoms with Crippen LogP contribution >= 0.6 is 0 Å². The van der Waals surface area contributed by atoms with Gasteiger partial charge in [-0.15, -0.1) is 0 Å². The number of hydrogen-bond acceptors (Lipinski definition) is 5. The molecule has 1 aliphatic carbocycles. The quantitative estimate of drug-likeness (QED) is 0.633. The third kappa shape index (κ3) is 4.97. The van der Waals surface area contributed by atoms with E-state index in [9.17, 15) is 0 Å². The van der Waals surface area contributed by atoms with E-state index in [-0.39, 0.29) is 0 Å². The van der Waals surface area contributed by atoms with E-state index in [4.69, 9.17) is 19.9 Å². The van der Waals surface area contributed by atoms with Gasteiger partial charge in [0.05, 0.1) is 33.0 Å². The molecule has 20 heavy (non-hydrogen) atoms. The van der Waals surface area contributed by atoms with E-state index < -0.39 is 0 Å². The van der Waals surface area contributed by atoms with Crippen molar-refractivity contribution in [1.29, 1.82) is 0 Å². The van der Waals surface area contributed by atoms with Gasteiger partial charge < -0.3 is 24.8 Å². The number of methoxy groups -OCH3 is 1. The standard InChI is InChI=1S/C15H30N2O3/c1-18-7-8-20-10-9-19-6-5-17-11-13-3-2-4-15(16)14(13)12-17/h13-15H,2-12,16H2,1H3. The fraction of sp³-hybridized carbons (Fsp3) is 1.00. The van der Waals surface area contributed by atoms with Gasteiger partial charge in [-0.2, -0.15) is 0 Å². The summed E-state index contributed by atoms with van der Waals surface area (Å²) >= 11 is 0. The number of nitrogens with zero attached hydrogens (tertiary/aromatic N) is 1. The summed E-state index contributed by atoms with van der Waals surface area (Å²) in [6, 6.07) is 0.425. The smallest absolute Gasteiger partial charge is 0.0701 e. The average molecular weight is 286 g/mol. The van der Waals surface area contributed by atoms with Crippen LogP contribution in [0.1, 0.15) is 19.3 Å². The highest BCUT2D eigenvalue weighted by Gasteiger charge is 2.38. The molecule has 2 rings (SSSR count). The predicted molar refractivity (Wildman–Crippen MR) is 78.8 cm³/mol. The molecule has 1 heterocycles. The minimum absolute atomic E-state index is 0.425. The van der Waals surface area contributed by atoms with Crippen LogP contribution in [0.4, 0.5) is 0 Å². The summed E-state index contributed by atoms with van der Waals surface area (Å²) in [6.45, 7) is 6.82. The molecule has 118 valence electrons. The highest BCUT2D eigenvalue weighted by atomic mass is 16.5. The number of hydrogen-bond donors (Lipinski definition) is 1. The van der Waals surface area contributed by atoms with E-state index in [1.807, 2.05) is 0 Å². The second kappa shape index (κ2) is 8.95. The van der Waals surface area contributed by atoms with E-state index in [0.717, 1.165) is 25.0 Å². The fourth-order valence-electron chi connectivity index (χ4n) is 3.45. The third-order valence-corrected chi connectivity index (χ3v) is 4.59. The topological polar surface area (TPSA) is 57.0 Å². The first-order valence-corrected chi connectivity index (χ1v) is 7.93. The van der Waals surface area contributed by atoms with Crippen molar-refractivity contribution in [3.8, 4) is 0 Å². The van der Waals surface area contributed by atoms with Crippen molar-refractivity contribution in [3.05, 3.63) is 0 Å². The van der Waals surface area contributed by atoms with Crippen LogP contribution in [-0.4, -0.2) is 70.7 Å². The minimum atomic E-state index is 0.425. The Morgan fingerprint density at radius 3 is 2.50 bits per heavy atom. The molecule has 0 bridgehead atoms. The zero-order chi connectivity index (χ0) is 14.2. The van der Waals surface area contributed by atoms with E-state index >= 15 is 0 Å². The summed E-state index contributed by atoms with van der Waals surface area (Å²) in [7, 11) is 1.68. The Labute approximate surface area is 122 Å². The summed E-state index contributed by atoms with van der Waals surface area (Å²) in [5.74, 6) is 1.55. The molecular weight excluding hydrogens is 256 g/mol. The zero-order valence-electron chi connectivity index (χ0n) is 12.8. The highest BCUT2D eigenvalue weighted by Crippen LogP contribution is 2.35. The van der Waals surface area contributed by atoms with Crippen LogP contribution < -0.4 is 5.73 Å². The molecule has 5 heteroatoms. The minimum Gasteiger partial charge on any atom is -0.382 e. The second-order valence-electron chi connectivity index (χ2n) is 6.00. The van der Waals surface area contributed by atoms with E-state index in [1.165, 1.54) is 32.4 Å². The largest absolute Gasteiger partial charge is 0.382 e. The molecule has 0 aromatic carbocycles. The van der Waals surface area contributed by atoms with Crippen LogP contribution in [0.5, 0.6) is 0 Å². The molecule has 2 aliphatic rings. The molecule has 2 N–H and O–H groups in total. The van der Waals surface area contributed by atoms with Crippen LogP contribution in [0.2, 0.25) is 0 Å². The van der Waals surface area contributed by atoms with E-state index in [1.54, 1.807) is 7.11 Å². The Morgan fingerprint density at radius 2 is 1.75 bits per heavy atom. The molecule has 5 nitrogen and oxygen atoms in total. The lowest BCUT2D eigenvalue weighted by molar-refractivity contribution is 0.0204. The summed E-state index contributed by atoms with van der Waals surface area (Å²) in [4.78, 5) is 2.52. The van der Waals surface area contributed by atoms with Gasteiger partial charge in [-0.3, -0.25) is 0 Å². The Kier molecular flexibility index (Phi) is 7.24. The van der Waals surface area contributed by atoms with Gasteiger partial charge in [-0.1, -0.05) is 6.42 Å². The molecule has 0 amide bonds. The van der Waals surface area contributed by atoms with Gasteiger partial charge in [-0.05, 0) is 24.7 Å². The van der Waals surface area contributed by atoms with Gasteiger partial charge in [0.2, 0.25) is 0 Å². The SMILES string of the molecule is COCCOCCOCCN1CC2CCCC(N)C2C1. The second-order valence-corrected chi connectivity index (χ2v) is 6.00. The number of fused-ring (bicyclic) bond motifs is 1. The molecule has 0 radical (unpaired) electrons. The maximum atomic E-state index is 6.23. The number of rotatable bonds is 9. The van der Waals surface area contributed by atoms with Gasteiger partial charge >= 0.3 is 0 Å². The lowest BCUT2D eigenvalue weighted by Gasteiger charge is -2.29. The molecular formula is C15H30N2O3. The molecule has 3 atom stereocenters. The van der Waals surface area contributed by atoms with Crippen molar-refractivity contribution in [2.75, 3.05) is 59.8 Å². The number of nitrogens with two attached hydrogens (primary N) is 1. The molecule has 3 unspecified atom stereocenters. The Balaban J connectivity index is 1.48. The average Bonchev–Trinajstić information content (AvgIpc) is 2.86. The lowest BCUT2D eigenvalue weighted by Crippen LogP contribution is -2.38. The lowest BCUT2D eigenvalue weighted by atomic mass is 9.78. The normalized spacial score (nSPS) is 30.6. The molecule has 0 aromatic heterocycles. The summed E-state index contributed by atoms with van der Waals surface area (Å²) < 4.78 is 15.9. The molecule has 1 saturated heterocycles. The van der Waals surface area contributed by atoms with Crippen molar-refractivity contribution >= 4 is 0 Å². The summed E-state index contributed by atoms with van der Waals surface area (Å²) in [5, 5.41) is 0. The molecule has 2 fully saturated rings. The first-order chi connectivity index (χ1) is 9.81. The van der Waals surface area contributed by atoms with Gasteiger partial charge in [0.15, 0.2) is 0 Å². The van der Waals surface area contributed by atoms with Crippen molar-refractivity contribution in [3.63, 3.8) is 0 Å². The van der Waals surface area contributed by atoms with Crippen LogP contribution in [-0.2, 0) is 14.2 Å². The van der Waals surface area contributed by atoms with Crippen molar-refractivity contribution in [2.45, 2.75) is 25.3 Å². The monoisotopic (exact) mass is 286 g/mol. The first kappa shape index (κ1) is 16.2. The van der Waals surface area contributed by atoms with Crippen LogP contribution in [0.25, 0.3) is 0 Å². The van der Waals surface area contributed by atoms with E-state index in [2.05, 4.69) is 4.90 Å². The highest BCUT2D eigenvalue weighted by molar-refractivity contribution is 4.92.